The Morgan fingerprint density at radius 1 is 1.08 bits per heavy atom. The Morgan fingerprint density at radius 2 is 1.78 bits per heavy atom. The van der Waals surface area contributed by atoms with E-state index >= 15 is 4.39 Å². The molecule has 1 aliphatic heterocycles. The fourth-order valence-corrected chi connectivity index (χ4v) is 5.21. The van der Waals surface area contributed by atoms with Gasteiger partial charge < -0.3 is 16.1 Å². The number of amidine groups is 1. The number of hydrogen-bond donors (Lipinski definition) is 3. The zero-order chi connectivity index (χ0) is 25.7. The van der Waals surface area contributed by atoms with Gasteiger partial charge in [0.25, 0.3) is 0 Å². The first kappa shape index (κ1) is 25.8. The van der Waals surface area contributed by atoms with Gasteiger partial charge in [0, 0.05) is 19.5 Å². The number of aromatic nitrogens is 2. The molecule has 1 saturated heterocycles. The predicted octanol–water partition coefficient (Wildman–Crippen LogP) is 5.89. The molecule has 2 heterocycles. The normalized spacial score (nSPS) is 22.8. The summed E-state index contributed by atoms with van der Waals surface area (Å²) in [5, 5.41) is 17.6. The molecule has 8 nitrogen and oxygen atoms in total. The number of rotatable bonds is 7. The second-order valence-corrected chi connectivity index (χ2v) is 9.46. The van der Waals surface area contributed by atoms with Crippen molar-refractivity contribution < 1.29 is 17.6 Å². The van der Waals surface area contributed by atoms with Crippen LogP contribution in [0.5, 0.6) is 0 Å². The Kier molecular flexibility index (Phi) is 8.00. The number of nitrogens with zero attached hydrogens (tertiary/aromatic N) is 5. The van der Waals surface area contributed by atoms with Crippen LogP contribution >= 0.6 is 0 Å². The second kappa shape index (κ2) is 11.2. The van der Waals surface area contributed by atoms with Crippen LogP contribution in [0, 0.1) is 23.1 Å². The molecular formula is C24H30F4N8. The molecular weight excluding hydrogens is 476 g/mol. The molecule has 1 atom stereocenters. The maximum Gasteiger partial charge on any atom is 0.416 e. The van der Waals surface area contributed by atoms with Gasteiger partial charge in [0.1, 0.15) is 12.2 Å². The standard InChI is InChI=1S/C24H30F4N8/c25-21-22(31-13-16-5-3-15(4-6-16)12-20(29)34-35-30)32-14-33-23(21)36-11-1-2-19(36)17-7-9-18(10-8-17)24(26,27)28/h7-10,14-16,19H,1-6,11-13H2,(H3,29,30,34)(H,31,32,33). The third-order valence-electron chi connectivity index (χ3n) is 7.10. The van der Waals surface area contributed by atoms with Crippen molar-refractivity contribution in [1.29, 1.82) is 5.41 Å². The Bertz CT molecular complexity index is 1060. The summed E-state index contributed by atoms with van der Waals surface area (Å²) >= 11 is 0. The molecule has 1 aromatic carbocycles. The van der Waals surface area contributed by atoms with Gasteiger partial charge in [-0.05, 0) is 68.1 Å². The van der Waals surface area contributed by atoms with E-state index in [0.717, 1.165) is 44.2 Å². The van der Waals surface area contributed by atoms with Gasteiger partial charge in [-0.15, -0.1) is 5.11 Å². The van der Waals surface area contributed by atoms with Crippen LogP contribution in [-0.2, 0) is 6.18 Å². The van der Waals surface area contributed by atoms with E-state index in [1.165, 1.54) is 18.5 Å². The van der Waals surface area contributed by atoms with Gasteiger partial charge in [-0.2, -0.15) is 17.6 Å². The quantitative estimate of drug-likeness (QED) is 0.108. The van der Waals surface area contributed by atoms with Crippen LogP contribution in [0.3, 0.4) is 0 Å². The van der Waals surface area contributed by atoms with Gasteiger partial charge >= 0.3 is 6.18 Å². The van der Waals surface area contributed by atoms with E-state index < -0.39 is 17.6 Å². The van der Waals surface area contributed by atoms with Crippen molar-refractivity contribution in [3.63, 3.8) is 0 Å². The van der Waals surface area contributed by atoms with E-state index in [-0.39, 0.29) is 23.5 Å². The summed E-state index contributed by atoms with van der Waals surface area (Å²) in [6, 6.07) is 4.79. The lowest BCUT2D eigenvalue weighted by molar-refractivity contribution is -0.137. The minimum atomic E-state index is -4.40. The van der Waals surface area contributed by atoms with Crippen molar-refractivity contribution in [2.75, 3.05) is 23.3 Å². The number of alkyl halides is 3. The number of halogens is 4. The molecule has 1 unspecified atom stereocenters. The zero-order valence-corrected chi connectivity index (χ0v) is 19.8. The first-order chi connectivity index (χ1) is 17.3. The van der Waals surface area contributed by atoms with Crippen molar-refractivity contribution in [2.45, 2.75) is 57.2 Å². The number of nitrogens with two attached hydrogens (primary N) is 1. The topological polar surface area (TPSA) is 116 Å². The molecule has 0 radical (unpaired) electrons. The molecule has 12 heteroatoms. The number of anilines is 2. The van der Waals surface area contributed by atoms with Crippen LogP contribution in [0.25, 0.3) is 0 Å². The highest BCUT2D eigenvalue weighted by Crippen LogP contribution is 2.39. The summed E-state index contributed by atoms with van der Waals surface area (Å²) in [7, 11) is 0. The van der Waals surface area contributed by atoms with E-state index in [9.17, 15) is 13.2 Å². The summed E-state index contributed by atoms with van der Waals surface area (Å²) in [5.74, 6) is 5.65. The molecule has 36 heavy (non-hydrogen) atoms. The lowest BCUT2D eigenvalue weighted by Gasteiger charge is -2.29. The third-order valence-corrected chi connectivity index (χ3v) is 7.10. The molecule has 4 N–H and O–H groups in total. The Balaban J connectivity index is 1.38. The molecule has 0 bridgehead atoms. The summed E-state index contributed by atoms with van der Waals surface area (Å²) in [4.78, 5) is 10.1. The lowest BCUT2D eigenvalue weighted by Crippen LogP contribution is -2.26. The van der Waals surface area contributed by atoms with Crippen molar-refractivity contribution in [3.8, 4) is 0 Å². The zero-order valence-electron chi connectivity index (χ0n) is 19.8. The summed E-state index contributed by atoms with van der Waals surface area (Å²) in [6.07, 6.45) is 2.77. The molecule has 2 fully saturated rings. The van der Waals surface area contributed by atoms with Crippen LogP contribution in [-0.4, -0.2) is 28.9 Å². The highest BCUT2D eigenvalue weighted by Gasteiger charge is 2.33. The monoisotopic (exact) mass is 506 g/mol. The van der Waals surface area contributed by atoms with Crippen molar-refractivity contribution in [3.05, 3.63) is 47.5 Å². The van der Waals surface area contributed by atoms with Crippen LogP contribution in [0.15, 0.2) is 40.9 Å². The highest BCUT2D eigenvalue weighted by atomic mass is 19.4. The van der Waals surface area contributed by atoms with Crippen molar-refractivity contribution >= 4 is 17.5 Å². The number of hydrogen-bond acceptors (Lipinski definition) is 6. The fourth-order valence-electron chi connectivity index (χ4n) is 5.21. The van der Waals surface area contributed by atoms with Crippen LogP contribution < -0.4 is 16.1 Å². The molecule has 1 aliphatic carbocycles. The van der Waals surface area contributed by atoms with Gasteiger partial charge in [-0.25, -0.2) is 9.97 Å². The molecule has 194 valence electrons. The summed E-state index contributed by atoms with van der Waals surface area (Å²) < 4.78 is 54.2. The van der Waals surface area contributed by atoms with Gasteiger partial charge in [0.2, 0.25) is 5.82 Å². The van der Waals surface area contributed by atoms with E-state index in [1.807, 2.05) is 4.90 Å². The SMILES string of the molecule is N=C(CC1CCC(CNc2ncnc(N3CCCC3c3ccc(C(F)(F)F)cc3)c2F)CC1)N=NN. The van der Waals surface area contributed by atoms with Crippen LogP contribution in [0.2, 0.25) is 0 Å². The Labute approximate surface area is 206 Å². The van der Waals surface area contributed by atoms with Gasteiger partial charge in [0.15, 0.2) is 11.6 Å². The molecule has 1 aromatic heterocycles. The average Bonchev–Trinajstić information content (AvgIpc) is 3.34. The summed E-state index contributed by atoms with van der Waals surface area (Å²) in [5.41, 5.74) is -0.00494. The Hall–Kier alpha value is -3.31. The lowest BCUT2D eigenvalue weighted by atomic mass is 9.80. The second-order valence-electron chi connectivity index (χ2n) is 9.46. The third kappa shape index (κ3) is 6.08. The van der Waals surface area contributed by atoms with Crippen molar-refractivity contribution in [1.82, 2.24) is 9.97 Å². The van der Waals surface area contributed by atoms with E-state index in [2.05, 4.69) is 25.6 Å². The number of nitrogens with one attached hydrogen (secondary N) is 2. The molecule has 4 rings (SSSR count). The van der Waals surface area contributed by atoms with E-state index in [1.54, 1.807) is 0 Å². The first-order valence-electron chi connectivity index (χ1n) is 12.1. The van der Waals surface area contributed by atoms with E-state index in [4.69, 9.17) is 11.3 Å². The molecule has 2 aromatic rings. The minimum absolute atomic E-state index is 0.130. The maximum absolute atomic E-state index is 15.4. The predicted molar refractivity (Wildman–Crippen MR) is 128 cm³/mol. The number of benzene rings is 1. The average molecular weight is 507 g/mol. The fraction of sp³-hybridized carbons (Fsp3) is 0.542. The Morgan fingerprint density at radius 3 is 2.44 bits per heavy atom. The van der Waals surface area contributed by atoms with Gasteiger partial charge in [-0.1, -0.05) is 17.4 Å². The molecule has 0 amide bonds. The minimum Gasteiger partial charge on any atom is -0.367 e. The van der Waals surface area contributed by atoms with E-state index in [0.29, 0.717) is 43.3 Å². The van der Waals surface area contributed by atoms with Crippen LogP contribution in [0.4, 0.5) is 29.2 Å². The summed E-state index contributed by atoms with van der Waals surface area (Å²) in [6.45, 7) is 1.13. The smallest absolute Gasteiger partial charge is 0.367 e. The first-order valence-corrected chi connectivity index (χ1v) is 12.1. The molecule has 1 saturated carbocycles. The molecule has 0 spiro atoms. The largest absolute Gasteiger partial charge is 0.416 e. The molecule has 2 aliphatic rings. The highest BCUT2D eigenvalue weighted by molar-refractivity contribution is 5.79. The van der Waals surface area contributed by atoms with Crippen LogP contribution in [0.1, 0.15) is 62.1 Å². The van der Waals surface area contributed by atoms with Crippen molar-refractivity contribution in [2.24, 2.45) is 28.0 Å². The van der Waals surface area contributed by atoms with Gasteiger partial charge in [-0.3, -0.25) is 5.41 Å². The maximum atomic E-state index is 15.4. The van der Waals surface area contributed by atoms with Gasteiger partial charge in [0.05, 0.1) is 11.6 Å².